The number of esters is 1. The van der Waals surface area contributed by atoms with Crippen LogP contribution < -0.4 is 5.32 Å². The second-order valence-corrected chi connectivity index (χ2v) is 7.98. The Hall–Kier alpha value is -3.70. The van der Waals surface area contributed by atoms with Gasteiger partial charge >= 0.3 is 5.97 Å². The molecule has 3 amide bonds. The number of halogens is 1. The maximum absolute atomic E-state index is 12.6. The third kappa shape index (κ3) is 5.76. The summed E-state index contributed by atoms with van der Waals surface area (Å²) in [5.74, 6) is -2.03. The van der Waals surface area contributed by atoms with E-state index in [1.165, 1.54) is 42.5 Å². The first kappa shape index (κ1) is 24.0. The highest BCUT2D eigenvalue weighted by Gasteiger charge is 2.36. The molecule has 12 heteroatoms. The molecule has 170 valence electrons. The molecule has 1 fully saturated rings. The number of nitro groups is 1. The molecule has 10 nitrogen and oxygen atoms in total. The van der Waals surface area contributed by atoms with Crippen LogP contribution in [0.3, 0.4) is 0 Å². The van der Waals surface area contributed by atoms with Crippen LogP contribution in [0.2, 0.25) is 5.02 Å². The maximum atomic E-state index is 12.6. The van der Waals surface area contributed by atoms with Crippen molar-refractivity contribution >= 4 is 63.8 Å². The topological polar surface area (TPSA) is 136 Å². The van der Waals surface area contributed by atoms with E-state index in [1.807, 2.05) is 0 Å². The van der Waals surface area contributed by atoms with Crippen molar-refractivity contribution in [1.82, 2.24) is 4.90 Å². The highest BCUT2D eigenvalue weighted by molar-refractivity contribution is 8.18. The van der Waals surface area contributed by atoms with Gasteiger partial charge in [0.05, 0.1) is 27.0 Å². The minimum atomic E-state index is -0.699. The molecular weight excluding hydrogens is 474 g/mol. The average Bonchev–Trinajstić information content (AvgIpc) is 3.02. The van der Waals surface area contributed by atoms with Gasteiger partial charge < -0.3 is 10.1 Å². The van der Waals surface area contributed by atoms with Crippen LogP contribution in [0.4, 0.5) is 16.2 Å². The molecule has 0 spiro atoms. The van der Waals surface area contributed by atoms with E-state index in [1.54, 1.807) is 13.0 Å². The lowest BCUT2D eigenvalue weighted by Gasteiger charge is -2.13. The largest absolute Gasteiger partial charge is 0.462 e. The number of non-ortho nitro benzene ring substituents is 1. The van der Waals surface area contributed by atoms with E-state index in [0.717, 1.165) is 4.90 Å². The van der Waals surface area contributed by atoms with E-state index < -0.39 is 34.5 Å². The molecule has 0 bridgehead atoms. The first-order chi connectivity index (χ1) is 15.7. The summed E-state index contributed by atoms with van der Waals surface area (Å²) in [6.07, 6.45) is 1.35. The number of hydrogen-bond donors (Lipinski definition) is 1. The number of anilines is 1. The fraction of sp³-hybridized carbons (Fsp3) is 0.143. The van der Waals surface area contributed by atoms with Gasteiger partial charge in [0.1, 0.15) is 6.54 Å². The lowest BCUT2D eigenvalue weighted by atomic mass is 10.2. The van der Waals surface area contributed by atoms with Gasteiger partial charge in [0.2, 0.25) is 5.91 Å². The number of nitrogens with zero attached hydrogens (tertiary/aromatic N) is 2. The number of ether oxygens (including phenoxy) is 1. The van der Waals surface area contributed by atoms with Crippen LogP contribution in [-0.2, 0) is 14.3 Å². The first-order valence-corrected chi connectivity index (χ1v) is 10.7. The normalized spacial score (nSPS) is 14.5. The molecule has 2 aromatic carbocycles. The Balaban J connectivity index is 1.71. The van der Waals surface area contributed by atoms with Crippen molar-refractivity contribution in [2.75, 3.05) is 18.5 Å². The first-order valence-electron chi connectivity index (χ1n) is 9.46. The molecule has 1 saturated heterocycles. The SMILES string of the molecule is CCOC(=O)c1cc(NC(=O)CN2C(=O)S/C(=C/c3cccc([N+](=O)[O-])c3)C2=O)ccc1Cl. The molecule has 33 heavy (non-hydrogen) atoms. The van der Waals surface area contributed by atoms with Crippen LogP contribution in [0.1, 0.15) is 22.8 Å². The van der Waals surface area contributed by atoms with Crippen molar-refractivity contribution in [2.45, 2.75) is 6.92 Å². The number of amides is 3. The predicted octanol–water partition coefficient (Wildman–Crippen LogP) is 4.10. The number of nitro benzene ring substituents is 1. The summed E-state index contributed by atoms with van der Waals surface area (Å²) >= 11 is 6.61. The number of hydrogen-bond acceptors (Lipinski definition) is 8. The summed E-state index contributed by atoms with van der Waals surface area (Å²) in [4.78, 5) is 60.4. The highest BCUT2D eigenvalue weighted by Crippen LogP contribution is 2.32. The van der Waals surface area contributed by atoms with Crippen molar-refractivity contribution in [3.05, 3.63) is 73.6 Å². The van der Waals surface area contributed by atoms with Crippen LogP contribution in [0.5, 0.6) is 0 Å². The Kier molecular flexibility index (Phi) is 7.46. The van der Waals surface area contributed by atoms with Gasteiger partial charge in [-0.2, -0.15) is 0 Å². The predicted molar refractivity (Wildman–Crippen MR) is 122 cm³/mol. The Morgan fingerprint density at radius 3 is 2.70 bits per heavy atom. The lowest BCUT2D eigenvalue weighted by Crippen LogP contribution is -2.36. The van der Waals surface area contributed by atoms with Gasteiger partial charge in [-0.15, -0.1) is 0 Å². The van der Waals surface area contributed by atoms with Gasteiger partial charge in [0.15, 0.2) is 0 Å². The molecule has 2 aromatic rings. The summed E-state index contributed by atoms with van der Waals surface area (Å²) in [6, 6.07) is 9.77. The highest BCUT2D eigenvalue weighted by atomic mass is 35.5. The van der Waals surface area contributed by atoms with Crippen LogP contribution in [0, 0.1) is 10.1 Å². The summed E-state index contributed by atoms with van der Waals surface area (Å²) in [5.41, 5.74) is 0.494. The summed E-state index contributed by atoms with van der Waals surface area (Å²) < 4.78 is 4.91. The van der Waals surface area contributed by atoms with Crippen molar-refractivity contribution in [2.24, 2.45) is 0 Å². The summed E-state index contributed by atoms with van der Waals surface area (Å²) in [7, 11) is 0. The van der Waals surface area contributed by atoms with Gasteiger partial charge in [-0.1, -0.05) is 23.7 Å². The van der Waals surface area contributed by atoms with Gasteiger partial charge in [-0.3, -0.25) is 29.4 Å². The molecule has 1 N–H and O–H groups in total. The van der Waals surface area contributed by atoms with Crippen molar-refractivity contribution < 1.29 is 28.8 Å². The maximum Gasteiger partial charge on any atom is 0.339 e. The van der Waals surface area contributed by atoms with E-state index >= 15 is 0 Å². The number of thioether (sulfide) groups is 1. The molecular formula is C21H16ClN3O7S. The van der Waals surface area contributed by atoms with Crippen LogP contribution >= 0.6 is 23.4 Å². The number of carbonyl (C=O) groups excluding carboxylic acids is 4. The minimum Gasteiger partial charge on any atom is -0.462 e. The molecule has 0 atom stereocenters. The molecule has 1 aliphatic heterocycles. The zero-order valence-electron chi connectivity index (χ0n) is 17.1. The van der Waals surface area contributed by atoms with Crippen LogP contribution in [0.15, 0.2) is 47.4 Å². The molecule has 0 aliphatic carbocycles. The van der Waals surface area contributed by atoms with Crippen LogP contribution in [0.25, 0.3) is 6.08 Å². The zero-order valence-corrected chi connectivity index (χ0v) is 18.6. The molecule has 1 aliphatic rings. The van der Waals surface area contributed by atoms with E-state index in [-0.39, 0.29) is 33.5 Å². The third-order valence-corrected chi connectivity index (χ3v) is 5.54. The minimum absolute atomic E-state index is 0.0318. The summed E-state index contributed by atoms with van der Waals surface area (Å²) in [5, 5.41) is 12.9. The fourth-order valence-corrected chi connectivity index (χ4v) is 3.86. The number of rotatable bonds is 7. The Morgan fingerprint density at radius 2 is 2.00 bits per heavy atom. The zero-order chi connectivity index (χ0) is 24.1. The Labute approximate surface area is 196 Å². The number of imide groups is 1. The standard InChI is InChI=1S/C21H16ClN3O7S/c1-2-32-20(28)15-10-13(6-7-16(15)22)23-18(26)11-24-19(27)17(33-21(24)29)9-12-4-3-5-14(8-12)25(30)31/h3-10H,2,11H2,1H3,(H,23,26)/b17-9+. The number of nitrogens with one attached hydrogen (secondary N) is 1. The Bertz CT molecular complexity index is 1200. The van der Waals surface area contributed by atoms with Gasteiger partial charge in [0, 0.05) is 17.8 Å². The van der Waals surface area contributed by atoms with Crippen molar-refractivity contribution in [3.8, 4) is 0 Å². The number of benzene rings is 2. The smallest absolute Gasteiger partial charge is 0.339 e. The number of carbonyl (C=O) groups is 4. The average molecular weight is 490 g/mol. The van der Waals surface area contributed by atoms with E-state index in [4.69, 9.17) is 16.3 Å². The fourth-order valence-electron chi connectivity index (χ4n) is 2.83. The second-order valence-electron chi connectivity index (χ2n) is 6.58. The molecule has 1 heterocycles. The molecule has 0 unspecified atom stereocenters. The van der Waals surface area contributed by atoms with Crippen molar-refractivity contribution in [1.29, 1.82) is 0 Å². The molecule has 0 radical (unpaired) electrons. The second kappa shape index (κ2) is 10.3. The molecule has 3 rings (SSSR count). The monoisotopic (exact) mass is 489 g/mol. The van der Waals surface area contributed by atoms with Gasteiger partial charge in [-0.25, -0.2) is 4.79 Å². The van der Waals surface area contributed by atoms with Gasteiger partial charge in [-0.05, 0) is 48.5 Å². The lowest BCUT2D eigenvalue weighted by molar-refractivity contribution is -0.384. The summed E-state index contributed by atoms with van der Waals surface area (Å²) in [6.45, 7) is 1.23. The van der Waals surface area contributed by atoms with E-state index in [9.17, 15) is 29.3 Å². The van der Waals surface area contributed by atoms with Gasteiger partial charge in [0.25, 0.3) is 16.8 Å². The van der Waals surface area contributed by atoms with Crippen LogP contribution in [-0.4, -0.2) is 46.0 Å². The van der Waals surface area contributed by atoms with E-state index in [0.29, 0.717) is 17.3 Å². The molecule has 0 aromatic heterocycles. The van der Waals surface area contributed by atoms with Crippen molar-refractivity contribution in [3.63, 3.8) is 0 Å². The Morgan fingerprint density at radius 1 is 1.24 bits per heavy atom. The quantitative estimate of drug-likeness (QED) is 0.265. The third-order valence-electron chi connectivity index (χ3n) is 4.30. The van der Waals surface area contributed by atoms with E-state index in [2.05, 4.69) is 5.32 Å². The molecule has 0 saturated carbocycles.